The zero-order valence-electron chi connectivity index (χ0n) is 10.6. The average Bonchev–Trinajstić information content (AvgIpc) is 2.41. The summed E-state index contributed by atoms with van der Waals surface area (Å²) < 4.78 is 0. The van der Waals surface area contributed by atoms with E-state index in [9.17, 15) is 4.79 Å². The third-order valence-corrected chi connectivity index (χ3v) is 3.34. The Morgan fingerprint density at radius 1 is 1.39 bits per heavy atom. The largest absolute Gasteiger partial charge is 0.337 e. The number of benzene rings is 1. The van der Waals surface area contributed by atoms with Crippen LogP contribution in [0.3, 0.4) is 0 Å². The molecule has 1 heterocycles. The first-order chi connectivity index (χ1) is 8.81. The van der Waals surface area contributed by atoms with Gasteiger partial charge in [0.2, 0.25) is 5.91 Å². The van der Waals surface area contributed by atoms with Crippen molar-refractivity contribution in [2.24, 2.45) is 5.73 Å². The van der Waals surface area contributed by atoms with Crippen molar-refractivity contribution in [2.75, 3.05) is 26.2 Å². The summed E-state index contributed by atoms with van der Waals surface area (Å²) in [4.78, 5) is 14.0. The molecule has 0 spiro atoms. The predicted molar refractivity (Wildman–Crippen MR) is 72.2 cm³/mol. The van der Waals surface area contributed by atoms with E-state index in [-0.39, 0.29) is 11.9 Å². The molecule has 1 saturated heterocycles. The van der Waals surface area contributed by atoms with Crippen LogP contribution in [0.25, 0.3) is 0 Å². The average molecular weight is 247 g/mol. The molecule has 0 aromatic heterocycles. The summed E-state index contributed by atoms with van der Waals surface area (Å²) in [5.41, 5.74) is 6.75. The summed E-state index contributed by atoms with van der Waals surface area (Å²) in [6.07, 6.45) is 1.36. The van der Waals surface area contributed by atoms with Crippen molar-refractivity contribution in [1.82, 2.24) is 10.2 Å². The van der Waals surface area contributed by atoms with Gasteiger partial charge in [-0.3, -0.25) is 4.79 Å². The minimum absolute atomic E-state index is 0.180. The van der Waals surface area contributed by atoms with Gasteiger partial charge in [-0.2, -0.15) is 0 Å². The fourth-order valence-corrected chi connectivity index (χ4v) is 2.42. The summed E-state index contributed by atoms with van der Waals surface area (Å²) in [5, 5.41) is 3.36. The second-order valence-corrected chi connectivity index (χ2v) is 4.67. The molecule has 1 fully saturated rings. The van der Waals surface area contributed by atoms with Gasteiger partial charge >= 0.3 is 0 Å². The fourth-order valence-electron chi connectivity index (χ4n) is 2.42. The Kier molecular flexibility index (Phi) is 4.73. The molecule has 0 saturated carbocycles. The molecular weight excluding hydrogens is 226 g/mol. The smallest absolute Gasteiger partial charge is 0.224 e. The SMILES string of the molecule is NCCC(=O)N1CCNCC1Cc1ccccc1. The first kappa shape index (κ1) is 13.1. The van der Waals surface area contributed by atoms with E-state index in [1.165, 1.54) is 5.56 Å². The van der Waals surface area contributed by atoms with Crippen LogP contribution in [0.15, 0.2) is 30.3 Å². The van der Waals surface area contributed by atoms with Crippen molar-refractivity contribution in [3.63, 3.8) is 0 Å². The Balaban J connectivity index is 2.01. The monoisotopic (exact) mass is 247 g/mol. The van der Waals surface area contributed by atoms with Crippen molar-refractivity contribution < 1.29 is 4.79 Å². The summed E-state index contributed by atoms with van der Waals surface area (Å²) in [7, 11) is 0. The number of amides is 1. The second kappa shape index (κ2) is 6.52. The molecule has 0 radical (unpaired) electrons. The van der Waals surface area contributed by atoms with Crippen molar-refractivity contribution >= 4 is 5.91 Å². The van der Waals surface area contributed by atoms with Gasteiger partial charge in [0.1, 0.15) is 0 Å². The Labute approximate surface area is 108 Å². The number of piperazine rings is 1. The summed E-state index contributed by atoms with van der Waals surface area (Å²) >= 11 is 0. The van der Waals surface area contributed by atoms with Crippen LogP contribution < -0.4 is 11.1 Å². The van der Waals surface area contributed by atoms with E-state index in [2.05, 4.69) is 17.4 Å². The molecule has 2 rings (SSSR count). The third kappa shape index (κ3) is 3.31. The van der Waals surface area contributed by atoms with Crippen LogP contribution in [-0.2, 0) is 11.2 Å². The van der Waals surface area contributed by atoms with Crippen LogP contribution in [-0.4, -0.2) is 43.0 Å². The minimum atomic E-state index is 0.180. The lowest BCUT2D eigenvalue weighted by Crippen LogP contribution is -2.54. The molecule has 18 heavy (non-hydrogen) atoms. The summed E-state index contributed by atoms with van der Waals surface area (Å²) in [6, 6.07) is 10.6. The number of rotatable bonds is 4. The topological polar surface area (TPSA) is 58.4 Å². The van der Waals surface area contributed by atoms with Gasteiger partial charge in [0, 0.05) is 38.6 Å². The van der Waals surface area contributed by atoms with Crippen LogP contribution >= 0.6 is 0 Å². The van der Waals surface area contributed by atoms with Gasteiger partial charge in [-0.1, -0.05) is 30.3 Å². The van der Waals surface area contributed by atoms with Crippen LogP contribution in [0.2, 0.25) is 0 Å². The highest BCUT2D eigenvalue weighted by Crippen LogP contribution is 2.12. The number of nitrogens with one attached hydrogen (secondary N) is 1. The molecule has 0 bridgehead atoms. The number of hydrogen-bond acceptors (Lipinski definition) is 3. The fraction of sp³-hybridized carbons (Fsp3) is 0.500. The molecule has 1 aliphatic rings. The molecule has 98 valence electrons. The van der Waals surface area contributed by atoms with Crippen LogP contribution in [0.5, 0.6) is 0 Å². The highest BCUT2D eigenvalue weighted by atomic mass is 16.2. The first-order valence-corrected chi connectivity index (χ1v) is 6.55. The zero-order valence-corrected chi connectivity index (χ0v) is 10.6. The maximum atomic E-state index is 12.0. The number of nitrogens with zero attached hydrogens (tertiary/aromatic N) is 1. The molecule has 1 aliphatic heterocycles. The number of carbonyl (C=O) groups excluding carboxylic acids is 1. The minimum Gasteiger partial charge on any atom is -0.337 e. The Hall–Kier alpha value is -1.39. The van der Waals surface area contributed by atoms with Gasteiger partial charge in [0.15, 0.2) is 0 Å². The molecule has 3 N–H and O–H groups in total. The lowest BCUT2D eigenvalue weighted by atomic mass is 10.0. The summed E-state index contributed by atoms with van der Waals surface area (Å²) in [5.74, 6) is 0.180. The van der Waals surface area contributed by atoms with E-state index < -0.39 is 0 Å². The normalized spacial score (nSPS) is 19.8. The van der Waals surface area contributed by atoms with Gasteiger partial charge in [-0.25, -0.2) is 0 Å². The highest BCUT2D eigenvalue weighted by Gasteiger charge is 2.25. The second-order valence-electron chi connectivity index (χ2n) is 4.67. The molecule has 1 amide bonds. The van der Waals surface area contributed by atoms with Crippen LogP contribution in [0.4, 0.5) is 0 Å². The number of nitrogens with two attached hydrogens (primary N) is 1. The maximum absolute atomic E-state index is 12.0. The molecule has 4 heteroatoms. The Bertz CT molecular complexity index is 380. The molecular formula is C14H21N3O. The molecule has 1 aromatic carbocycles. The molecule has 4 nitrogen and oxygen atoms in total. The zero-order chi connectivity index (χ0) is 12.8. The van der Waals surface area contributed by atoms with E-state index in [1.54, 1.807) is 0 Å². The molecule has 0 aliphatic carbocycles. The van der Waals surface area contributed by atoms with E-state index in [1.807, 2.05) is 23.1 Å². The van der Waals surface area contributed by atoms with E-state index in [0.717, 1.165) is 26.1 Å². The van der Waals surface area contributed by atoms with Crippen LogP contribution in [0, 0.1) is 0 Å². The van der Waals surface area contributed by atoms with Crippen molar-refractivity contribution in [2.45, 2.75) is 18.9 Å². The molecule has 1 unspecified atom stereocenters. The van der Waals surface area contributed by atoms with Gasteiger partial charge < -0.3 is 16.0 Å². The van der Waals surface area contributed by atoms with Gasteiger partial charge in [0.05, 0.1) is 0 Å². The molecule has 1 atom stereocenters. The van der Waals surface area contributed by atoms with Crippen molar-refractivity contribution in [1.29, 1.82) is 0 Å². The van der Waals surface area contributed by atoms with E-state index in [4.69, 9.17) is 5.73 Å². The van der Waals surface area contributed by atoms with Crippen LogP contribution in [0.1, 0.15) is 12.0 Å². The highest BCUT2D eigenvalue weighted by molar-refractivity contribution is 5.77. The lowest BCUT2D eigenvalue weighted by Gasteiger charge is -2.36. The first-order valence-electron chi connectivity index (χ1n) is 6.55. The summed E-state index contributed by atoms with van der Waals surface area (Å²) in [6.45, 7) is 2.96. The van der Waals surface area contributed by atoms with Crippen molar-refractivity contribution in [3.8, 4) is 0 Å². The standard InChI is InChI=1S/C14H21N3O/c15-7-6-14(18)17-9-8-16-11-13(17)10-12-4-2-1-3-5-12/h1-5,13,16H,6-11,15H2. The molecule has 1 aromatic rings. The predicted octanol–water partition coefficient (Wildman–Crippen LogP) is 0.378. The van der Waals surface area contributed by atoms with Gasteiger partial charge in [0.25, 0.3) is 0 Å². The Morgan fingerprint density at radius 3 is 2.89 bits per heavy atom. The van der Waals surface area contributed by atoms with Gasteiger partial charge in [-0.15, -0.1) is 0 Å². The van der Waals surface area contributed by atoms with Crippen molar-refractivity contribution in [3.05, 3.63) is 35.9 Å². The van der Waals surface area contributed by atoms with E-state index >= 15 is 0 Å². The maximum Gasteiger partial charge on any atom is 0.224 e. The lowest BCUT2D eigenvalue weighted by molar-refractivity contribution is -0.134. The number of hydrogen-bond donors (Lipinski definition) is 2. The number of carbonyl (C=O) groups is 1. The van der Waals surface area contributed by atoms with E-state index in [0.29, 0.717) is 13.0 Å². The Morgan fingerprint density at radius 2 is 2.17 bits per heavy atom. The third-order valence-electron chi connectivity index (χ3n) is 3.34. The quantitative estimate of drug-likeness (QED) is 0.808. The van der Waals surface area contributed by atoms with Gasteiger partial charge in [-0.05, 0) is 12.0 Å².